The number of methoxy groups -OCH3 is 2. The van der Waals surface area contributed by atoms with Gasteiger partial charge in [0.1, 0.15) is 17.2 Å². The molecule has 0 bridgehead atoms. The summed E-state index contributed by atoms with van der Waals surface area (Å²) in [5, 5.41) is 7.59. The smallest absolute Gasteiger partial charge is 0.270 e. The van der Waals surface area contributed by atoms with Crippen molar-refractivity contribution in [1.82, 2.24) is 15.1 Å². The highest BCUT2D eigenvalue weighted by Gasteiger charge is 2.18. The molecule has 1 amide bonds. The van der Waals surface area contributed by atoms with Crippen LogP contribution in [0.5, 0.6) is 11.5 Å². The minimum Gasteiger partial charge on any atom is -0.497 e. The molecule has 0 spiro atoms. The molecule has 6 nitrogen and oxygen atoms in total. The number of hydrogen-bond donors (Lipinski definition) is 1. The summed E-state index contributed by atoms with van der Waals surface area (Å²) in [4.78, 5) is 12.7. The normalized spacial score (nSPS) is 10.7. The minimum absolute atomic E-state index is 0.0288. The van der Waals surface area contributed by atoms with E-state index in [0.717, 1.165) is 22.7 Å². The number of benzene rings is 2. The standard InChI is InChI=1S/C21H23N3O3/c1-14(2)22-21(25)20-13-19(15-5-9-17(26-3)10-6-15)23-24(20)16-7-11-18(27-4)12-8-16/h5-14H,1-4H3,(H,22,25). The topological polar surface area (TPSA) is 65.4 Å². The predicted octanol–water partition coefficient (Wildman–Crippen LogP) is 3.69. The molecule has 0 radical (unpaired) electrons. The lowest BCUT2D eigenvalue weighted by Crippen LogP contribution is -2.31. The maximum atomic E-state index is 12.7. The zero-order valence-electron chi connectivity index (χ0n) is 15.9. The summed E-state index contributed by atoms with van der Waals surface area (Å²) in [6.45, 7) is 3.85. The number of amides is 1. The van der Waals surface area contributed by atoms with Gasteiger partial charge in [0.15, 0.2) is 0 Å². The Labute approximate surface area is 158 Å². The van der Waals surface area contributed by atoms with Gasteiger partial charge in [-0.15, -0.1) is 0 Å². The van der Waals surface area contributed by atoms with E-state index in [1.807, 2.05) is 62.4 Å². The Morgan fingerprint density at radius 2 is 1.52 bits per heavy atom. The fraction of sp³-hybridized carbons (Fsp3) is 0.238. The van der Waals surface area contributed by atoms with Crippen LogP contribution in [0, 0.1) is 0 Å². The van der Waals surface area contributed by atoms with E-state index >= 15 is 0 Å². The summed E-state index contributed by atoms with van der Waals surface area (Å²) in [5.74, 6) is 1.34. The Morgan fingerprint density at radius 1 is 0.963 bits per heavy atom. The first-order valence-corrected chi connectivity index (χ1v) is 8.71. The number of nitrogens with zero attached hydrogens (tertiary/aromatic N) is 2. The highest BCUT2D eigenvalue weighted by atomic mass is 16.5. The largest absolute Gasteiger partial charge is 0.497 e. The molecule has 0 saturated heterocycles. The van der Waals surface area contributed by atoms with Crippen molar-refractivity contribution in [3.63, 3.8) is 0 Å². The molecule has 0 unspecified atom stereocenters. The van der Waals surface area contributed by atoms with Crippen LogP contribution in [0.3, 0.4) is 0 Å². The number of carbonyl (C=O) groups excluding carboxylic acids is 1. The van der Waals surface area contributed by atoms with E-state index in [4.69, 9.17) is 9.47 Å². The molecule has 0 aliphatic heterocycles. The SMILES string of the molecule is COc1ccc(-c2cc(C(=O)NC(C)C)n(-c3ccc(OC)cc3)n2)cc1. The van der Waals surface area contributed by atoms with Crippen LogP contribution in [0.15, 0.2) is 54.6 Å². The molecule has 0 fully saturated rings. The number of rotatable bonds is 6. The third kappa shape index (κ3) is 4.11. The van der Waals surface area contributed by atoms with Crippen molar-refractivity contribution in [3.8, 4) is 28.4 Å². The number of nitrogens with one attached hydrogen (secondary N) is 1. The Kier molecular flexibility index (Phi) is 5.45. The lowest BCUT2D eigenvalue weighted by atomic mass is 10.1. The van der Waals surface area contributed by atoms with Crippen LogP contribution < -0.4 is 14.8 Å². The highest BCUT2D eigenvalue weighted by molar-refractivity contribution is 5.94. The summed E-state index contributed by atoms with van der Waals surface area (Å²) < 4.78 is 12.1. The third-order valence-electron chi connectivity index (χ3n) is 4.06. The van der Waals surface area contributed by atoms with Crippen LogP contribution in [0.25, 0.3) is 16.9 Å². The highest BCUT2D eigenvalue weighted by Crippen LogP contribution is 2.25. The Hall–Kier alpha value is -3.28. The summed E-state index contributed by atoms with van der Waals surface area (Å²) in [7, 11) is 3.24. The quantitative estimate of drug-likeness (QED) is 0.723. The van der Waals surface area contributed by atoms with Crippen molar-refractivity contribution in [1.29, 1.82) is 0 Å². The van der Waals surface area contributed by atoms with E-state index in [-0.39, 0.29) is 11.9 Å². The Balaban J connectivity index is 2.05. The van der Waals surface area contributed by atoms with Gasteiger partial charge in [-0.2, -0.15) is 5.10 Å². The maximum absolute atomic E-state index is 12.7. The van der Waals surface area contributed by atoms with E-state index in [1.54, 1.807) is 25.0 Å². The molecule has 27 heavy (non-hydrogen) atoms. The molecule has 0 aliphatic carbocycles. The zero-order chi connectivity index (χ0) is 19.4. The van der Waals surface area contributed by atoms with E-state index in [2.05, 4.69) is 10.4 Å². The van der Waals surface area contributed by atoms with Gasteiger partial charge >= 0.3 is 0 Å². The van der Waals surface area contributed by atoms with Crippen LogP contribution >= 0.6 is 0 Å². The third-order valence-corrected chi connectivity index (χ3v) is 4.06. The lowest BCUT2D eigenvalue weighted by Gasteiger charge is -2.10. The second-order valence-electron chi connectivity index (χ2n) is 6.38. The van der Waals surface area contributed by atoms with Gasteiger partial charge < -0.3 is 14.8 Å². The molecule has 2 aromatic carbocycles. The van der Waals surface area contributed by atoms with E-state index in [1.165, 1.54) is 0 Å². The molecule has 3 rings (SSSR count). The molecule has 0 atom stereocenters. The van der Waals surface area contributed by atoms with Crippen LogP contribution in [0.4, 0.5) is 0 Å². The number of hydrogen-bond acceptors (Lipinski definition) is 4. The van der Waals surface area contributed by atoms with Crippen LogP contribution in [-0.4, -0.2) is 35.9 Å². The zero-order valence-corrected chi connectivity index (χ0v) is 15.9. The lowest BCUT2D eigenvalue weighted by molar-refractivity contribution is 0.0935. The van der Waals surface area contributed by atoms with Crippen molar-refractivity contribution >= 4 is 5.91 Å². The second kappa shape index (κ2) is 7.95. The van der Waals surface area contributed by atoms with Crippen molar-refractivity contribution in [2.75, 3.05) is 14.2 Å². The van der Waals surface area contributed by atoms with E-state index in [0.29, 0.717) is 11.4 Å². The maximum Gasteiger partial charge on any atom is 0.270 e. The van der Waals surface area contributed by atoms with Crippen LogP contribution in [0.2, 0.25) is 0 Å². The molecule has 1 heterocycles. The minimum atomic E-state index is -0.173. The second-order valence-corrected chi connectivity index (χ2v) is 6.38. The van der Waals surface area contributed by atoms with Gasteiger partial charge in [0, 0.05) is 11.6 Å². The predicted molar refractivity (Wildman–Crippen MR) is 105 cm³/mol. The van der Waals surface area contributed by atoms with Gasteiger partial charge in [0.25, 0.3) is 5.91 Å². The first kappa shape index (κ1) is 18.5. The molecule has 0 saturated carbocycles. The molecule has 0 aliphatic rings. The molecule has 1 aromatic heterocycles. The Morgan fingerprint density at radius 3 is 2.04 bits per heavy atom. The van der Waals surface area contributed by atoms with Crippen molar-refractivity contribution < 1.29 is 14.3 Å². The van der Waals surface area contributed by atoms with Gasteiger partial charge in [-0.3, -0.25) is 4.79 Å². The summed E-state index contributed by atoms with van der Waals surface area (Å²) >= 11 is 0. The molecule has 6 heteroatoms. The van der Waals surface area contributed by atoms with E-state index < -0.39 is 0 Å². The summed E-state index contributed by atoms with van der Waals surface area (Å²) in [6.07, 6.45) is 0. The molecule has 3 aromatic rings. The van der Waals surface area contributed by atoms with Gasteiger partial charge in [-0.05, 0) is 68.4 Å². The average molecular weight is 365 g/mol. The molecular weight excluding hydrogens is 342 g/mol. The van der Waals surface area contributed by atoms with Crippen molar-refractivity contribution in [3.05, 3.63) is 60.3 Å². The number of ether oxygens (including phenoxy) is 2. The fourth-order valence-corrected chi connectivity index (χ4v) is 2.70. The van der Waals surface area contributed by atoms with E-state index in [9.17, 15) is 4.79 Å². The molecule has 1 N–H and O–H groups in total. The monoisotopic (exact) mass is 365 g/mol. The average Bonchev–Trinajstić information content (AvgIpc) is 3.13. The first-order chi connectivity index (χ1) is 13.0. The van der Waals surface area contributed by atoms with Gasteiger partial charge in [-0.25, -0.2) is 4.68 Å². The molecule has 140 valence electrons. The Bertz CT molecular complexity index is 913. The number of aromatic nitrogens is 2. The summed E-state index contributed by atoms with van der Waals surface area (Å²) in [5.41, 5.74) is 2.87. The van der Waals surface area contributed by atoms with Gasteiger partial charge in [-0.1, -0.05) is 0 Å². The van der Waals surface area contributed by atoms with Crippen LogP contribution in [-0.2, 0) is 0 Å². The summed E-state index contributed by atoms with van der Waals surface area (Å²) in [6, 6.07) is 16.8. The van der Waals surface area contributed by atoms with Crippen molar-refractivity contribution in [2.24, 2.45) is 0 Å². The fourth-order valence-electron chi connectivity index (χ4n) is 2.70. The van der Waals surface area contributed by atoms with Gasteiger partial charge in [0.2, 0.25) is 0 Å². The van der Waals surface area contributed by atoms with Crippen LogP contribution in [0.1, 0.15) is 24.3 Å². The number of carbonyl (C=O) groups is 1. The first-order valence-electron chi connectivity index (χ1n) is 8.71. The van der Waals surface area contributed by atoms with Gasteiger partial charge in [0.05, 0.1) is 25.6 Å². The van der Waals surface area contributed by atoms with Crippen molar-refractivity contribution in [2.45, 2.75) is 19.9 Å². The molecular formula is C21H23N3O3.